The van der Waals surface area contributed by atoms with Crippen molar-refractivity contribution in [3.8, 4) is 0 Å². The first-order valence-electron chi connectivity index (χ1n) is 38.4. The lowest BCUT2D eigenvalue weighted by atomic mass is 10.1. The number of esters is 4. The van der Waals surface area contributed by atoms with Crippen LogP contribution in [0.25, 0.3) is 0 Å². The average molecular weight is 1470 g/mol. The molecule has 0 saturated heterocycles. The Kier molecular flexibility index (Phi) is 69.7. The molecule has 578 valence electrons. The number of hydrogen-bond donors (Lipinski definition) is 3. The summed E-state index contributed by atoms with van der Waals surface area (Å²) in [6.45, 7) is 4.34. The van der Waals surface area contributed by atoms with Crippen molar-refractivity contribution in [3.63, 3.8) is 0 Å². The third-order valence-electron chi connectivity index (χ3n) is 15.2. The number of carbonyl (C=O) groups excluding carboxylic acids is 4. The van der Waals surface area contributed by atoms with E-state index in [0.29, 0.717) is 38.5 Å². The van der Waals surface area contributed by atoms with E-state index in [-0.39, 0.29) is 25.7 Å². The maximum absolute atomic E-state index is 13.1. The smallest absolute Gasteiger partial charge is 0.462 e. The molecule has 0 aromatic heterocycles. The average Bonchev–Trinajstić information content (AvgIpc) is 0.939. The monoisotopic (exact) mass is 1460 g/mol. The highest BCUT2D eigenvalue weighted by molar-refractivity contribution is 7.47. The molecule has 0 bridgehead atoms. The Balaban J connectivity index is 5.45. The van der Waals surface area contributed by atoms with Crippen molar-refractivity contribution in [2.75, 3.05) is 39.6 Å². The molecular weight excluding hydrogens is 1330 g/mol. The zero-order valence-electron chi connectivity index (χ0n) is 63.0. The Bertz CT molecular complexity index is 2600. The quantitative estimate of drug-likeness (QED) is 0.0169. The number of unbranched alkanes of at least 4 members (excludes halogenated alkanes) is 16. The molecule has 0 radical (unpaired) electrons. The van der Waals surface area contributed by atoms with E-state index in [4.69, 9.17) is 37.0 Å². The van der Waals surface area contributed by atoms with E-state index in [1.54, 1.807) is 0 Å². The van der Waals surface area contributed by atoms with Crippen molar-refractivity contribution >= 4 is 39.5 Å². The van der Waals surface area contributed by atoms with Crippen LogP contribution < -0.4 is 0 Å². The van der Waals surface area contributed by atoms with E-state index < -0.39 is 97.5 Å². The molecule has 0 aliphatic rings. The SMILES string of the molecule is CC/C=C\C/C=C\C/C=C\C/C=C\C/C=C\CCCCCC(=O)OCC(COP(=O)(O)OCC(O)COP(=O)(O)OCC(COC(=O)CCC/C=C\C/C=C\C/C=C\C/C=C\C/C=C\CC)OC(=O)CCCCCCCCCCCCC)OC(=O)CCCC/C=C\C/C=C\C/C=C\C/C=C\CC. The van der Waals surface area contributed by atoms with Crippen LogP contribution >= 0.6 is 15.6 Å². The number of hydrogen-bond acceptors (Lipinski definition) is 15. The molecule has 0 aromatic carbocycles. The molecule has 5 unspecified atom stereocenters. The molecule has 0 rings (SSSR count). The minimum Gasteiger partial charge on any atom is -0.462 e. The molecule has 0 aromatic rings. The summed E-state index contributed by atoms with van der Waals surface area (Å²) in [4.78, 5) is 72.8. The summed E-state index contributed by atoms with van der Waals surface area (Å²) in [7, 11) is -10.00. The van der Waals surface area contributed by atoms with Gasteiger partial charge in [0, 0.05) is 25.7 Å². The van der Waals surface area contributed by atoms with Gasteiger partial charge < -0.3 is 33.8 Å². The number of aliphatic hydroxyl groups is 1. The Labute approximate surface area is 616 Å². The van der Waals surface area contributed by atoms with E-state index >= 15 is 0 Å². The van der Waals surface area contributed by atoms with Crippen molar-refractivity contribution in [3.05, 3.63) is 170 Å². The Morgan fingerprint density at radius 2 is 0.520 bits per heavy atom. The third kappa shape index (κ3) is 72.8. The van der Waals surface area contributed by atoms with E-state index in [1.165, 1.54) is 38.5 Å². The van der Waals surface area contributed by atoms with Crippen molar-refractivity contribution < 1.29 is 80.2 Å². The highest BCUT2D eigenvalue weighted by Gasteiger charge is 2.30. The fourth-order valence-corrected chi connectivity index (χ4v) is 11.0. The summed E-state index contributed by atoms with van der Waals surface area (Å²) in [6.07, 6.45) is 86.5. The number of phosphoric ester groups is 2. The van der Waals surface area contributed by atoms with Gasteiger partial charge in [0.2, 0.25) is 0 Å². The van der Waals surface area contributed by atoms with Crippen LogP contribution in [0.1, 0.15) is 272 Å². The first-order chi connectivity index (χ1) is 49.7. The van der Waals surface area contributed by atoms with Gasteiger partial charge in [-0.1, -0.05) is 268 Å². The molecule has 0 saturated carbocycles. The van der Waals surface area contributed by atoms with Gasteiger partial charge in [0.1, 0.15) is 19.3 Å². The van der Waals surface area contributed by atoms with Gasteiger partial charge >= 0.3 is 39.5 Å². The molecule has 0 fully saturated rings. The van der Waals surface area contributed by atoms with Gasteiger partial charge in [0.15, 0.2) is 12.2 Å². The van der Waals surface area contributed by atoms with Crippen LogP contribution in [0.2, 0.25) is 0 Å². The predicted molar refractivity (Wildman–Crippen MR) is 417 cm³/mol. The second-order valence-electron chi connectivity index (χ2n) is 24.8. The van der Waals surface area contributed by atoms with Gasteiger partial charge in [-0.05, 0) is 148 Å². The summed E-state index contributed by atoms with van der Waals surface area (Å²) in [5, 5.41) is 10.6. The standard InChI is InChI=1S/C83H134O17P2/c1-5-9-13-17-21-25-29-32-35-37-38-40-43-45-49-52-56-60-64-68-81(86)94-74-79(100-83(88)70-66-62-58-54-50-46-41-34-31-27-23-19-15-11-7-3)76-98-102(91,92)96-72-77(84)71-95-101(89,90)97-75-78(99-82(87)69-65-61-57-53-47-28-24-20-16-12-8-4)73-93-80(85)67-63-59-55-51-48-44-42-39-36-33-30-26-22-18-14-10-6-2/h9-11,13-15,21-23,25-27,32-36,38,40-42,44-45,49-51,54-55,77-79,84H,5-8,12,16-20,24,28-31,37,39,43,46-48,52-53,56-76H2,1-4H3,(H,89,90)(H,91,92)/b13-9-,14-10-,15-11-,25-21-,26-22-,27-23-,35-32-,36-33-,40-38-,41-34-,44-42-,49-45-,54-50-,55-51-. The van der Waals surface area contributed by atoms with Crippen molar-refractivity contribution in [2.45, 2.75) is 290 Å². The Hall–Kier alpha value is -5.58. The summed E-state index contributed by atoms with van der Waals surface area (Å²) >= 11 is 0. The maximum Gasteiger partial charge on any atom is 0.472 e. The molecule has 0 aliphatic carbocycles. The zero-order valence-corrected chi connectivity index (χ0v) is 64.8. The first-order valence-corrected chi connectivity index (χ1v) is 41.4. The van der Waals surface area contributed by atoms with Crippen LogP contribution in [0.15, 0.2) is 170 Å². The van der Waals surface area contributed by atoms with Gasteiger partial charge in [-0.2, -0.15) is 0 Å². The molecule has 19 heteroatoms. The second kappa shape index (κ2) is 73.7. The molecule has 0 amide bonds. The van der Waals surface area contributed by atoms with Gasteiger partial charge in [-0.25, -0.2) is 9.13 Å². The summed E-state index contributed by atoms with van der Waals surface area (Å²) in [5.41, 5.74) is 0. The van der Waals surface area contributed by atoms with E-state index in [2.05, 4.69) is 186 Å². The zero-order chi connectivity index (χ0) is 74.6. The van der Waals surface area contributed by atoms with E-state index in [9.17, 15) is 43.2 Å². The van der Waals surface area contributed by atoms with Crippen molar-refractivity contribution in [1.82, 2.24) is 0 Å². The number of allylic oxidation sites excluding steroid dienone is 28. The topological polar surface area (TPSA) is 237 Å². The van der Waals surface area contributed by atoms with Crippen molar-refractivity contribution in [1.29, 1.82) is 0 Å². The molecule has 5 atom stereocenters. The molecule has 0 spiro atoms. The van der Waals surface area contributed by atoms with Crippen LogP contribution in [0.4, 0.5) is 0 Å². The summed E-state index contributed by atoms with van der Waals surface area (Å²) < 4.78 is 68.3. The predicted octanol–water partition coefficient (Wildman–Crippen LogP) is 22.2. The van der Waals surface area contributed by atoms with Gasteiger partial charge in [0.25, 0.3) is 0 Å². The van der Waals surface area contributed by atoms with E-state index in [1.807, 2.05) is 12.2 Å². The van der Waals surface area contributed by atoms with Crippen LogP contribution in [0.5, 0.6) is 0 Å². The minimum absolute atomic E-state index is 0.0277. The van der Waals surface area contributed by atoms with E-state index in [0.717, 1.165) is 141 Å². The Morgan fingerprint density at radius 1 is 0.284 bits per heavy atom. The third-order valence-corrected chi connectivity index (χ3v) is 17.1. The van der Waals surface area contributed by atoms with Gasteiger partial charge in [-0.3, -0.25) is 37.3 Å². The van der Waals surface area contributed by atoms with Gasteiger partial charge in [-0.15, -0.1) is 0 Å². The number of ether oxygens (including phenoxy) is 4. The largest absolute Gasteiger partial charge is 0.472 e. The molecular formula is C83H134O17P2. The summed E-state index contributed by atoms with van der Waals surface area (Å²) in [5.74, 6) is -2.34. The van der Waals surface area contributed by atoms with Crippen LogP contribution in [0.3, 0.4) is 0 Å². The number of phosphoric acid groups is 2. The normalized spacial score (nSPS) is 14.9. The highest BCUT2D eigenvalue weighted by atomic mass is 31.2. The van der Waals surface area contributed by atoms with Gasteiger partial charge in [0.05, 0.1) is 26.4 Å². The number of carbonyl (C=O) groups is 4. The molecule has 17 nitrogen and oxygen atoms in total. The molecule has 0 aliphatic heterocycles. The van der Waals surface area contributed by atoms with Crippen LogP contribution in [0, 0.1) is 0 Å². The number of rotatable bonds is 70. The fourth-order valence-electron chi connectivity index (χ4n) is 9.45. The molecule has 102 heavy (non-hydrogen) atoms. The lowest BCUT2D eigenvalue weighted by Gasteiger charge is -2.21. The minimum atomic E-state index is -5.00. The fraction of sp³-hybridized carbons (Fsp3) is 0.614. The van der Waals surface area contributed by atoms with Crippen LogP contribution in [-0.4, -0.2) is 96.7 Å². The Morgan fingerprint density at radius 3 is 0.843 bits per heavy atom. The second-order valence-corrected chi connectivity index (χ2v) is 27.7. The number of aliphatic hydroxyl groups excluding tert-OH is 1. The van der Waals surface area contributed by atoms with Crippen LogP contribution in [-0.2, 0) is 65.4 Å². The maximum atomic E-state index is 13.1. The molecule has 3 N–H and O–H groups in total. The molecule has 0 heterocycles. The van der Waals surface area contributed by atoms with Crippen molar-refractivity contribution in [2.24, 2.45) is 0 Å². The lowest BCUT2D eigenvalue weighted by molar-refractivity contribution is -0.161. The summed E-state index contributed by atoms with van der Waals surface area (Å²) in [6, 6.07) is 0. The lowest BCUT2D eigenvalue weighted by Crippen LogP contribution is -2.30. The first kappa shape index (κ1) is 96.4. The highest BCUT2D eigenvalue weighted by Crippen LogP contribution is 2.45.